The van der Waals surface area contributed by atoms with Crippen molar-refractivity contribution in [2.24, 2.45) is 11.5 Å². The zero-order valence-corrected chi connectivity index (χ0v) is 13.5. The smallest absolute Gasteiger partial charge is 0.235 e. The number of halogens is 1. The third-order valence-electron chi connectivity index (χ3n) is 3.89. The third-order valence-corrected chi connectivity index (χ3v) is 4.38. The van der Waals surface area contributed by atoms with Crippen molar-refractivity contribution in [2.45, 2.75) is 24.8 Å². The van der Waals surface area contributed by atoms with Crippen molar-refractivity contribution in [2.75, 3.05) is 0 Å². The summed E-state index contributed by atoms with van der Waals surface area (Å²) in [6, 6.07) is 17.1. The first kappa shape index (κ1) is 15.7. The van der Waals surface area contributed by atoms with Crippen LogP contribution in [0, 0.1) is 0 Å². The van der Waals surface area contributed by atoms with Gasteiger partial charge in [0.2, 0.25) is 5.91 Å². The van der Waals surface area contributed by atoms with Gasteiger partial charge in [-0.2, -0.15) is 0 Å². The second-order valence-electron chi connectivity index (χ2n) is 5.47. The van der Waals surface area contributed by atoms with E-state index in [-0.39, 0.29) is 0 Å². The summed E-state index contributed by atoms with van der Waals surface area (Å²) in [5.74, 6) is -0.489. The van der Waals surface area contributed by atoms with Crippen molar-refractivity contribution in [1.82, 2.24) is 0 Å². The van der Waals surface area contributed by atoms with Crippen LogP contribution in [0.4, 0.5) is 0 Å². The van der Waals surface area contributed by atoms with Crippen LogP contribution in [0.5, 0.6) is 0 Å². The zero-order valence-electron chi connectivity index (χ0n) is 11.9. The third kappa shape index (κ3) is 3.52. The predicted molar refractivity (Wildman–Crippen MR) is 88.8 cm³/mol. The van der Waals surface area contributed by atoms with Crippen molar-refractivity contribution < 1.29 is 4.79 Å². The molecule has 0 heterocycles. The Morgan fingerprint density at radius 2 is 1.86 bits per heavy atom. The van der Waals surface area contributed by atoms with E-state index in [1.165, 1.54) is 0 Å². The molecule has 2 rings (SSSR count). The summed E-state index contributed by atoms with van der Waals surface area (Å²) in [7, 11) is 0. The first-order valence-electron chi connectivity index (χ1n) is 6.78. The van der Waals surface area contributed by atoms with Crippen LogP contribution in [0.25, 0.3) is 0 Å². The quantitative estimate of drug-likeness (QED) is 0.873. The summed E-state index contributed by atoms with van der Waals surface area (Å²) in [6.45, 7) is 1.98. The topological polar surface area (TPSA) is 69.1 Å². The van der Waals surface area contributed by atoms with Gasteiger partial charge in [0.05, 0.1) is 6.04 Å². The number of benzene rings is 2. The van der Waals surface area contributed by atoms with E-state index in [0.29, 0.717) is 6.42 Å². The van der Waals surface area contributed by atoms with Gasteiger partial charge in [-0.1, -0.05) is 65.3 Å². The van der Waals surface area contributed by atoms with E-state index in [9.17, 15) is 4.79 Å². The number of carbonyl (C=O) groups excluding carboxylic acids is 1. The molecule has 0 aliphatic rings. The van der Waals surface area contributed by atoms with Crippen LogP contribution in [-0.4, -0.2) is 11.9 Å². The van der Waals surface area contributed by atoms with Crippen LogP contribution in [-0.2, 0) is 16.6 Å². The van der Waals surface area contributed by atoms with E-state index in [1.54, 1.807) is 0 Å². The van der Waals surface area contributed by atoms with Gasteiger partial charge < -0.3 is 11.5 Å². The predicted octanol–water partition coefficient (Wildman–Crippen LogP) is 2.76. The Morgan fingerprint density at radius 1 is 1.19 bits per heavy atom. The largest absolute Gasteiger partial charge is 0.368 e. The van der Waals surface area contributed by atoms with Gasteiger partial charge in [-0.05, 0) is 29.7 Å². The lowest BCUT2D eigenvalue weighted by atomic mass is 9.71. The average Bonchev–Trinajstić information content (AvgIpc) is 2.47. The Morgan fingerprint density at radius 3 is 2.43 bits per heavy atom. The molecule has 0 saturated heterocycles. The number of amides is 1. The van der Waals surface area contributed by atoms with E-state index in [2.05, 4.69) is 15.9 Å². The lowest BCUT2D eigenvalue weighted by molar-refractivity contribution is -0.120. The van der Waals surface area contributed by atoms with Crippen LogP contribution in [0.15, 0.2) is 59.1 Å². The fourth-order valence-electron chi connectivity index (χ4n) is 2.60. The summed E-state index contributed by atoms with van der Waals surface area (Å²) in [5, 5.41) is 0. The fraction of sp³-hybridized carbons (Fsp3) is 0.235. The standard InChI is InChI=1S/C17H19BrN2O/c1-17(15(19)16(20)21,13-7-3-2-4-8-13)11-12-6-5-9-14(18)10-12/h2-10,15H,11,19H2,1H3,(H2,20,21). The number of nitrogens with two attached hydrogens (primary N) is 2. The maximum atomic E-state index is 11.7. The molecule has 4 heteroatoms. The molecule has 0 aromatic heterocycles. The lowest BCUT2D eigenvalue weighted by Gasteiger charge is -2.34. The fourth-order valence-corrected chi connectivity index (χ4v) is 3.04. The molecule has 1 amide bonds. The first-order valence-corrected chi connectivity index (χ1v) is 7.57. The Balaban J connectivity index is 2.44. The Labute approximate surface area is 133 Å². The summed E-state index contributed by atoms with van der Waals surface area (Å²) in [4.78, 5) is 11.7. The maximum Gasteiger partial charge on any atom is 0.235 e. The molecule has 0 radical (unpaired) electrons. The molecule has 2 aromatic carbocycles. The van der Waals surface area contributed by atoms with Gasteiger partial charge in [-0.3, -0.25) is 4.79 Å². The zero-order chi connectivity index (χ0) is 15.5. The van der Waals surface area contributed by atoms with Gasteiger partial charge in [-0.25, -0.2) is 0 Å². The van der Waals surface area contributed by atoms with Crippen LogP contribution >= 0.6 is 15.9 Å². The lowest BCUT2D eigenvalue weighted by Crippen LogP contribution is -2.52. The molecule has 2 atom stereocenters. The normalized spacial score (nSPS) is 15.2. The number of primary amides is 1. The summed E-state index contributed by atoms with van der Waals surface area (Å²) in [5.41, 5.74) is 13.2. The molecule has 0 bridgehead atoms. The molecule has 0 spiro atoms. The highest BCUT2D eigenvalue weighted by Crippen LogP contribution is 2.31. The van der Waals surface area contributed by atoms with Crippen molar-refractivity contribution in [1.29, 1.82) is 0 Å². The molecule has 4 N–H and O–H groups in total. The van der Waals surface area contributed by atoms with Gasteiger partial charge in [0.25, 0.3) is 0 Å². The van der Waals surface area contributed by atoms with Crippen LogP contribution in [0.3, 0.4) is 0 Å². The molecule has 0 fully saturated rings. The molecular weight excluding hydrogens is 328 g/mol. The molecule has 0 aliphatic carbocycles. The highest BCUT2D eigenvalue weighted by molar-refractivity contribution is 9.10. The van der Waals surface area contributed by atoms with Gasteiger partial charge >= 0.3 is 0 Å². The highest BCUT2D eigenvalue weighted by atomic mass is 79.9. The number of hydrogen-bond donors (Lipinski definition) is 2. The molecule has 0 saturated carbocycles. The second-order valence-corrected chi connectivity index (χ2v) is 6.39. The van der Waals surface area contributed by atoms with Gasteiger partial charge in [0.15, 0.2) is 0 Å². The molecule has 3 nitrogen and oxygen atoms in total. The van der Waals surface area contributed by atoms with Crippen molar-refractivity contribution in [3.05, 3.63) is 70.2 Å². The van der Waals surface area contributed by atoms with Crippen molar-refractivity contribution in [3.8, 4) is 0 Å². The molecule has 2 unspecified atom stereocenters. The molecular formula is C17H19BrN2O. The summed E-state index contributed by atoms with van der Waals surface area (Å²) in [6.07, 6.45) is 0.639. The monoisotopic (exact) mass is 346 g/mol. The minimum absolute atomic E-state index is 0.489. The van der Waals surface area contributed by atoms with E-state index in [1.807, 2.05) is 61.5 Å². The van der Waals surface area contributed by atoms with Gasteiger partial charge in [-0.15, -0.1) is 0 Å². The molecule has 21 heavy (non-hydrogen) atoms. The van der Waals surface area contributed by atoms with E-state index in [0.717, 1.165) is 15.6 Å². The number of hydrogen-bond acceptors (Lipinski definition) is 2. The van der Waals surface area contributed by atoms with Crippen LogP contribution < -0.4 is 11.5 Å². The minimum Gasteiger partial charge on any atom is -0.368 e. The Hall–Kier alpha value is -1.65. The maximum absolute atomic E-state index is 11.7. The Bertz CT molecular complexity index is 630. The number of carbonyl (C=O) groups is 1. The van der Waals surface area contributed by atoms with Crippen LogP contribution in [0.1, 0.15) is 18.1 Å². The van der Waals surface area contributed by atoms with Crippen molar-refractivity contribution >= 4 is 21.8 Å². The Kier molecular flexibility index (Phi) is 4.80. The highest BCUT2D eigenvalue weighted by Gasteiger charge is 2.37. The SMILES string of the molecule is CC(Cc1cccc(Br)c1)(c1ccccc1)C(N)C(N)=O. The first-order chi connectivity index (χ1) is 9.93. The van der Waals surface area contributed by atoms with Gasteiger partial charge in [0, 0.05) is 9.89 Å². The molecule has 110 valence electrons. The van der Waals surface area contributed by atoms with E-state index in [4.69, 9.17) is 11.5 Å². The van der Waals surface area contributed by atoms with E-state index >= 15 is 0 Å². The average molecular weight is 347 g/mol. The minimum atomic E-state index is -0.751. The molecule has 0 aliphatic heterocycles. The number of rotatable bonds is 5. The van der Waals surface area contributed by atoms with Gasteiger partial charge in [0.1, 0.15) is 0 Å². The second kappa shape index (κ2) is 6.41. The van der Waals surface area contributed by atoms with Crippen molar-refractivity contribution in [3.63, 3.8) is 0 Å². The molecule has 2 aromatic rings. The van der Waals surface area contributed by atoms with Crippen LogP contribution in [0.2, 0.25) is 0 Å². The summed E-state index contributed by atoms with van der Waals surface area (Å²) >= 11 is 3.47. The summed E-state index contributed by atoms with van der Waals surface area (Å²) < 4.78 is 1.00. The van der Waals surface area contributed by atoms with E-state index < -0.39 is 17.4 Å².